The van der Waals surface area contributed by atoms with Gasteiger partial charge in [-0.05, 0) is 59.8 Å². The number of fused-ring (bicyclic) bond motifs is 1. The van der Waals surface area contributed by atoms with Crippen molar-refractivity contribution in [3.63, 3.8) is 0 Å². The predicted octanol–water partition coefficient (Wildman–Crippen LogP) is 4.58. The highest BCUT2D eigenvalue weighted by molar-refractivity contribution is 6.32. The lowest BCUT2D eigenvalue weighted by Gasteiger charge is -2.17. The second-order valence-corrected chi connectivity index (χ2v) is 7.02. The second kappa shape index (κ2) is 8.95. The van der Waals surface area contributed by atoms with Crippen molar-refractivity contribution in [1.29, 1.82) is 0 Å². The fourth-order valence-electron chi connectivity index (χ4n) is 3.06. The van der Waals surface area contributed by atoms with Crippen molar-refractivity contribution in [2.75, 3.05) is 33.1 Å². The molecule has 0 unspecified atom stereocenters. The molecular formula is C22H23ClN2O3. The van der Waals surface area contributed by atoms with Gasteiger partial charge in [-0.25, -0.2) is 0 Å². The number of halogens is 1. The molecule has 0 aromatic heterocycles. The van der Waals surface area contributed by atoms with Crippen LogP contribution in [0.1, 0.15) is 5.56 Å². The maximum Gasteiger partial charge on any atom is 0.238 e. The Kier molecular flexibility index (Phi) is 6.39. The van der Waals surface area contributed by atoms with Crippen LogP contribution in [0.4, 0.5) is 5.69 Å². The standard InChI is InChI=1S/C22H23ClN2O3/c1-25(14-22(26)24-18-7-9-21(28-3)20(23)12-18)13-15-4-5-17-11-19(27-2)8-6-16(17)10-15/h4-12H,13-14H2,1-3H3,(H,24,26). The molecule has 28 heavy (non-hydrogen) atoms. The lowest BCUT2D eigenvalue weighted by Crippen LogP contribution is -2.29. The summed E-state index contributed by atoms with van der Waals surface area (Å²) < 4.78 is 10.4. The highest BCUT2D eigenvalue weighted by atomic mass is 35.5. The van der Waals surface area contributed by atoms with E-state index in [1.54, 1.807) is 32.4 Å². The van der Waals surface area contributed by atoms with Gasteiger partial charge in [-0.15, -0.1) is 0 Å². The van der Waals surface area contributed by atoms with Gasteiger partial charge in [0.05, 0.1) is 25.8 Å². The largest absolute Gasteiger partial charge is 0.497 e. The predicted molar refractivity (Wildman–Crippen MR) is 113 cm³/mol. The first-order valence-corrected chi connectivity index (χ1v) is 9.25. The first-order chi connectivity index (χ1) is 13.5. The summed E-state index contributed by atoms with van der Waals surface area (Å²) in [4.78, 5) is 14.3. The molecule has 1 amide bonds. The zero-order valence-corrected chi connectivity index (χ0v) is 16.9. The third-order valence-electron chi connectivity index (χ3n) is 4.41. The van der Waals surface area contributed by atoms with E-state index in [1.807, 2.05) is 30.1 Å². The summed E-state index contributed by atoms with van der Waals surface area (Å²) in [6.07, 6.45) is 0. The zero-order chi connectivity index (χ0) is 20.1. The molecule has 0 radical (unpaired) electrons. The molecule has 6 heteroatoms. The van der Waals surface area contributed by atoms with Gasteiger partial charge in [0.2, 0.25) is 5.91 Å². The molecule has 0 aliphatic heterocycles. The van der Waals surface area contributed by atoms with E-state index >= 15 is 0 Å². The first kappa shape index (κ1) is 20.0. The van der Waals surface area contributed by atoms with Crippen LogP contribution in [-0.4, -0.2) is 38.6 Å². The minimum atomic E-state index is -0.103. The molecule has 0 spiro atoms. The molecule has 5 nitrogen and oxygen atoms in total. The molecule has 3 aromatic carbocycles. The lowest BCUT2D eigenvalue weighted by molar-refractivity contribution is -0.117. The van der Waals surface area contributed by atoms with Crippen LogP contribution in [0.3, 0.4) is 0 Å². The number of likely N-dealkylation sites (N-methyl/N-ethyl adjacent to an activating group) is 1. The number of rotatable bonds is 7. The fraction of sp³-hybridized carbons (Fsp3) is 0.227. The third kappa shape index (κ3) is 4.94. The fourth-order valence-corrected chi connectivity index (χ4v) is 3.31. The highest BCUT2D eigenvalue weighted by Crippen LogP contribution is 2.27. The maximum absolute atomic E-state index is 12.3. The maximum atomic E-state index is 12.3. The molecule has 146 valence electrons. The Balaban J connectivity index is 1.60. The van der Waals surface area contributed by atoms with Crippen molar-refractivity contribution in [3.05, 3.63) is 65.2 Å². The average molecular weight is 399 g/mol. The van der Waals surface area contributed by atoms with Gasteiger partial charge >= 0.3 is 0 Å². The average Bonchev–Trinajstić information content (AvgIpc) is 2.67. The van der Waals surface area contributed by atoms with Crippen LogP contribution in [0.2, 0.25) is 5.02 Å². The van der Waals surface area contributed by atoms with E-state index in [4.69, 9.17) is 21.1 Å². The smallest absolute Gasteiger partial charge is 0.238 e. The van der Waals surface area contributed by atoms with E-state index in [1.165, 1.54) is 0 Å². The lowest BCUT2D eigenvalue weighted by atomic mass is 10.1. The monoisotopic (exact) mass is 398 g/mol. The Morgan fingerprint density at radius 2 is 1.75 bits per heavy atom. The van der Waals surface area contributed by atoms with Gasteiger partial charge < -0.3 is 14.8 Å². The van der Waals surface area contributed by atoms with Crippen LogP contribution in [0.15, 0.2) is 54.6 Å². The molecule has 0 heterocycles. The van der Waals surface area contributed by atoms with Crippen LogP contribution < -0.4 is 14.8 Å². The summed E-state index contributed by atoms with van der Waals surface area (Å²) in [6, 6.07) is 17.4. The minimum Gasteiger partial charge on any atom is -0.497 e. The number of nitrogens with one attached hydrogen (secondary N) is 1. The Hall–Kier alpha value is -2.76. The summed E-state index contributed by atoms with van der Waals surface area (Å²) in [7, 11) is 5.13. The van der Waals surface area contributed by atoms with Gasteiger partial charge in [0.15, 0.2) is 0 Å². The van der Waals surface area contributed by atoms with Gasteiger partial charge in [-0.2, -0.15) is 0 Å². The number of methoxy groups -OCH3 is 2. The number of anilines is 1. The normalized spacial score (nSPS) is 10.9. The molecular weight excluding hydrogens is 376 g/mol. The quantitative estimate of drug-likeness (QED) is 0.632. The Morgan fingerprint density at radius 3 is 2.46 bits per heavy atom. The molecule has 0 atom stereocenters. The molecule has 0 fully saturated rings. The van der Waals surface area contributed by atoms with E-state index in [-0.39, 0.29) is 12.5 Å². The summed E-state index contributed by atoms with van der Waals surface area (Å²) in [5, 5.41) is 5.59. The number of amides is 1. The van der Waals surface area contributed by atoms with Crippen molar-refractivity contribution >= 4 is 34.0 Å². The van der Waals surface area contributed by atoms with Gasteiger partial charge in [-0.3, -0.25) is 9.69 Å². The van der Waals surface area contributed by atoms with Crippen molar-refractivity contribution in [2.24, 2.45) is 0 Å². The van der Waals surface area contributed by atoms with E-state index in [0.717, 1.165) is 22.1 Å². The van der Waals surface area contributed by atoms with Crippen LogP contribution in [0.25, 0.3) is 10.8 Å². The van der Waals surface area contributed by atoms with Crippen molar-refractivity contribution < 1.29 is 14.3 Å². The van der Waals surface area contributed by atoms with Gasteiger partial charge in [0.1, 0.15) is 11.5 Å². The van der Waals surface area contributed by atoms with Crippen molar-refractivity contribution in [2.45, 2.75) is 6.54 Å². The van der Waals surface area contributed by atoms with Crippen LogP contribution in [-0.2, 0) is 11.3 Å². The Labute approximate surface area is 169 Å². The Bertz CT molecular complexity index is 991. The summed E-state index contributed by atoms with van der Waals surface area (Å²) in [5.74, 6) is 1.31. The van der Waals surface area contributed by atoms with Gasteiger partial charge in [0, 0.05) is 12.2 Å². The number of hydrogen-bond donors (Lipinski definition) is 1. The SMILES string of the molecule is COc1ccc2cc(CN(C)CC(=O)Nc3ccc(OC)c(Cl)c3)ccc2c1. The molecule has 0 aliphatic carbocycles. The summed E-state index contributed by atoms with van der Waals surface area (Å²) in [5.41, 5.74) is 1.78. The molecule has 0 saturated heterocycles. The third-order valence-corrected chi connectivity index (χ3v) is 4.71. The molecule has 0 aliphatic rings. The number of benzene rings is 3. The molecule has 0 saturated carbocycles. The number of hydrogen-bond acceptors (Lipinski definition) is 4. The molecule has 3 rings (SSSR count). The summed E-state index contributed by atoms with van der Waals surface area (Å²) in [6.45, 7) is 0.934. The van der Waals surface area contributed by atoms with E-state index < -0.39 is 0 Å². The van der Waals surface area contributed by atoms with Crippen molar-refractivity contribution in [1.82, 2.24) is 4.90 Å². The van der Waals surface area contributed by atoms with Crippen LogP contribution in [0.5, 0.6) is 11.5 Å². The number of carbonyl (C=O) groups excluding carboxylic acids is 1. The zero-order valence-electron chi connectivity index (χ0n) is 16.2. The number of carbonyl (C=O) groups is 1. The molecule has 1 N–H and O–H groups in total. The van der Waals surface area contributed by atoms with E-state index in [2.05, 4.69) is 23.5 Å². The van der Waals surface area contributed by atoms with Crippen molar-refractivity contribution in [3.8, 4) is 11.5 Å². The second-order valence-electron chi connectivity index (χ2n) is 6.62. The van der Waals surface area contributed by atoms with Crippen LogP contribution in [0, 0.1) is 0 Å². The Morgan fingerprint density at radius 1 is 1.00 bits per heavy atom. The summed E-state index contributed by atoms with van der Waals surface area (Å²) >= 11 is 6.10. The molecule has 0 bridgehead atoms. The first-order valence-electron chi connectivity index (χ1n) is 8.87. The minimum absolute atomic E-state index is 0.103. The topological polar surface area (TPSA) is 50.8 Å². The van der Waals surface area contributed by atoms with Gasteiger partial charge in [-0.1, -0.05) is 29.8 Å². The van der Waals surface area contributed by atoms with E-state index in [9.17, 15) is 4.79 Å². The number of ether oxygens (including phenoxy) is 2. The van der Waals surface area contributed by atoms with E-state index in [0.29, 0.717) is 23.0 Å². The van der Waals surface area contributed by atoms with Crippen LogP contribution >= 0.6 is 11.6 Å². The number of nitrogens with zero attached hydrogens (tertiary/aromatic N) is 1. The van der Waals surface area contributed by atoms with Gasteiger partial charge in [0.25, 0.3) is 0 Å². The highest BCUT2D eigenvalue weighted by Gasteiger charge is 2.10. The molecule has 3 aromatic rings.